The van der Waals surface area contributed by atoms with Gasteiger partial charge in [0.25, 0.3) is 5.91 Å². The summed E-state index contributed by atoms with van der Waals surface area (Å²) in [5.41, 5.74) is 3.32. The van der Waals surface area contributed by atoms with Crippen molar-refractivity contribution in [2.45, 2.75) is 32.3 Å². The lowest BCUT2D eigenvalue weighted by molar-refractivity contribution is 0.0950. The largest absolute Gasteiger partial charge is 0.487 e. The van der Waals surface area contributed by atoms with Crippen LogP contribution in [0.3, 0.4) is 0 Å². The van der Waals surface area contributed by atoms with Gasteiger partial charge in [-0.1, -0.05) is 12.5 Å². The smallest absolute Gasteiger partial charge is 0.251 e. The topological polar surface area (TPSA) is 54.5 Å². The molecule has 1 aromatic heterocycles. The number of nitrogens with zero attached hydrogens (tertiary/aromatic N) is 2. The molecule has 1 aliphatic heterocycles. The van der Waals surface area contributed by atoms with Gasteiger partial charge in [0.1, 0.15) is 12.4 Å². The third-order valence-corrected chi connectivity index (χ3v) is 4.99. The number of carbonyl (C=O) groups is 1. The Hall–Kier alpha value is -1.92. The molecule has 0 spiro atoms. The average molecular weight is 359 g/mol. The summed E-state index contributed by atoms with van der Waals surface area (Å²) in [6.45, 7) is 4.60. The standard InChI is InChI=1S/C19H25N3O2S/c23-19(20-8-5-11-22-9-2-1-3-10-22)16-6-4-7-18(12-16)24-13-17-14-25-15-21-17/h4,6-7,12,14-15H,1-3,5,8-11,13H2,(H,20,23). The van der Waals surface area contributed by atoms with Crippen LogP contribution in [-0.4, -0.2) is 42.0 Å². The van der Waals surface area contributed by atoms with Crippen LogP contribution in [0.4, 0.5) is 0 Å². The van der Waals surface area contributed by atoms with Crippen molar-refractivity contribution in [1.82, 2.24) is 15.2 Å². The molecule has 2 aromatic rings. The summed E-state index contributed by atoms with van der Waals surface area (Å²) in [6.07, 6.45) is 4.96. The molecule has 6 heteroatoms. The van der Waals surface area contributed by atoms with Crippen LogP contribution in [0, 0.1) is 0 Å². The molecule has 1 aliphatic rings. The molecule has 25 heavy (non-hydrogen) atoms. The van der Waals surface area contributed by atoms with Crippen LogP contribution in [0.15, 0.2) is 35.2 Å². The minimum atomic E-state index is -0.0437. The first-order valence-electron chi connectivity index (χ1n) is 8.92. The van der Waals surface area contributed by atoms with Gasteiger partial charge in [0.2, 0.25) is 0 Å². The number of thiazole rings is 1. The molecular weight excluding hydrogens is 334 g/mol. The van der Waals surface area contributed by atoms with E-state index in [1.807, 2.05) is 23.6 Å². The highest BCUT2D eigenvalue weighted by Crippen LogP contribution is 2.15. The lowest BCUT2D eigenvalue weighted by atomic mass is 10.1. The second-order valence-corrected chi connectivity index (χ2v) is 7.03. The number of benzene rings is 1. The fourth-order valence-corrected chi connectivity index (χ4v) is 3.53. The zero-order chi connectivity index (χ0) is 17.3. The molecule has 3 rings (SSSR count). The Morgan fingerprint density at radius 2 is 2.16 bits per heavy atom. The number of likely N-dealkylation sites (tertiary alicyclic amines) is 1. The fraction of sp³-hybridized carbons (Fsp3) is 0.474. The van der Waals surface area contributed by atoms with Gasteiger partial charge >= 0.3 is 0 Å². The molecule has 2 heterocycles. The lowest BCUT2D eigenvalue weighted by Gasteiger charge is -2.26. The number of rotatable bonds is 8. The Morgan fingerprint density at radius 1 is 1.28 bits per heavy atom. The van der Waals surface area contributed by atoms with Gasteiger partial charge in [0.15, 0.2) is 0 Å². The van der Waals surface area contributed by atoms with Crippen LogP contribution < -0.4 is 10.1 Å². The molecule has 0 bridgehead atoms. The molecule has 1 N–H and O–H groups in total. The highest BCUT2D eigenvalue weighted by atomic mass is 32.1. The van der Waals surface area contributed by atoms with Crippen LogP contribution >= 0.6 is 11.3 Å². The molecule has 1 fully saturated rings. The number of aromatic nitrogens is 1. The van der Waals surface area contributed by atoms with E-state index in [-0.39, 0.29) is 5.91 Å². The first-order chi connectivity index (χ1) is 12.3. The Balaban J connectivity index is 1.41. The summed E-state index contributed by atoms with van der Waals surface area (Å²) in [5, 5.41) is 4.96. The summed E-state index contributed by atoms with van der Waals surface area (Å²) in [5.74, 6) is 0.645. The Morgan fingerprint density at radius 3 is 2.96 bits per heavy atom. The molecule has 0 unspecified atom stereocenters. The van der Waals surface area contributed by atoms with Gasteiger partial charge in [-0.25, -0.2) is 4.98 Å². The molecule has 5 nitrogen and oxygen atoms in total. The maximum atomic E-state index is 12.3. The quantitative estimate of drug-likeness (QED) is 0.735. The van der Waals surface area contributed by atoms with Crippen LogP contribution in [0.5, 0.6) is 5.75 Å². The second-order valence-electron chi connectivity index (χ2n) is 6.31. The SMILES string of the molecule is O=C(NCCCN1CCCCC1)c1cccc(OCc2cscn2)c1. The number of carbonyl (C=O) groups excluding carboxylic acids is 1. The van der Waals surface area contributed by atoms with E-state index >= 15 is 0 Å². The van der Waals surface area contributed by atoms with Crippen molar-refractivity contribution in [3.63, 3.8) is 0 Å². The van der Waals surface area contributed by atoms with Gasteiger partial charge in [0.05, 0.1) is 11.2 Å². The molecular formula is C19H25N3O2S. The molecule has 0 radical (unpaired) electrons. The summed E-state index contributed by atoms with van der Waals surface area (Å²) in [6, 6.07) is 7.31. The Labute approximate surface area is 153 Å². The highest BCUT2D eigenvalue weighted by molar-refractivity contribution is 7.07. The van der Waals surface area contributed by atoms with Crippen molar-refractivity contribution in [3.8, 4) is 5.75 Å². The molecule has 0 saturated carbocycles. The molecule has 0 atom stereocenters. The fourth-order valence-electron chi connectivity index (χ4n) is 2.98. The van der Waals surface area contributed by atoms with Crippen molar-refractivity contribution in [2.75, 3.05) is 26.2 Å². The molecule has 1 saturated heterocycles. The van der Waals surface area contributed by atoms with Crippen LogP contribution in [0.25, 0.3) is 0 Å². The normalized spacial score (nSPS) is 15.0. The van der Waals surface area contributed by atoms with E-state index in [4.69, 9.17) is 4.74 Å². The number of hydrogen-bond acceptors (Lipinski definition) is 5. The number of hydrogen-bond donors (Lipinski definition) is 1. The Bertz CT molecular complexity index is 654. The van der Waals surface area contributed by atoms with Gasteiger partial charge in [-0.05, 0) is 57.1 Å². The lowest BCUT2D eigenvalue weighted by Crippen LogP contribution is -2.33. The van der Waals surface area contributed by atoms with Crippen molar-refractivity contribution in [2.24, 2.45) is 0 Å². The average Bonchev–Trinajstić information content (AvgIpc) is 3.18. The van der Waals surface area contributed by atoms with E-state index in [0.29, 0.717) is 24.5 Å². The number of amides is 1. The first-order valence-corrected chi connectivity index (χ1v) is 9.86. The number of ether oxygens (including phenoxy) is 1. The Kier molecular flexibility index (Phi) is 6.82. The summed E-state index contributed by atoms with van der Waals surface area (Å²) < 4.78 is 5.70. The first kappa shape index (κ1) is 17.9. The van der Waals surface area contributed by atoms with Gasteiger partial charge in [-0.15, -0.1) is 11.3 Å². The van der Waals surface area contributed by atoms with E-state index < -0.39 is 0 Å². The zero-order valence-electron chi connectivity index (χ0n) is 14.4. The number of piperidine rings is 1. The van der Waals surface area contributed by atoms with E-state index in [2.05, 4.69) is 15.2 Å². The van der Waals surface area contributed by atoms with Crippen molar-refractivity contribution in [1.29, 1.82) is 0 Å². The predicted molar refractivity (Wildman–Crippen MR) is 100 cm³/mol. The zero-order valence-corrected chi connectivity index (χ0v) is 15.3. The summed E-state index contributed by atoms with van der Waals surface area (Å²) in [7, 11) is 0. The molecule has 134 valence electrons. The van der Waals surface area contributed by atoms with Crippen molar-refractivity contribution >= 4 is 17.2 Å². The maximum Gasteiger partial charge on any atom is 0.251 e. The number of nitrogens with one attached hydrogen (secondary N) is 1. The second kappa shape index (κ2) is 9.53. The van der Waals surface area contributed by atoms with E-state index in [1.165, 1.54) is 32.4 Å². The highest BCUT2D eigenvalue weighted by Gasteiger charge is 2.10. The third-order valence-electron chi connectivity index (χ3n) is 4.35. The van der Waals surface area contributed by atoms with E-state index in [9.17, 15) is 4.79 Å². The third kappa shape index (κ3) is 5.83. The van der Waals surface area contributed by atoms with Gasteiger partial charge < -0.3 is 15.0 Å². The van der Waals surface area contributed by atoms with Gasteiger partial charge in [-0.2, -0.15) is 0 Å². The molecule has 1 amide bonds. The van der Waals surface area contributed by atoms with E-state index in [1.54, 1.807) is 22.9 Å². The van der Waals surface area contributed by atoms with E-state index in [0.717, 1.165) is 18.7 Å². The minimum absolute atomic E-state index is 0.0437. The van der Waals surface area contributed by atoms with Crippen LogP contribution in [0.2, 0.25) is 0 Å². The van der Waals surface area contributed by atoms with Gasteiger partial charge in [-0.3, -0.25) is 4.79 Å². The van der Waals surface area contributed by atoms with Gasteiger partial charge in [0, 0.05) is 17.5 Å². The minimum Gasteiger partial charge on any atom is -0.487 e. The van der Waals surface area contributed by atoms with Crippen molar-refractivity contribution in [3.05, 3.63) is 46.4 Å². The molecule has 1 aromatic carbocycles. The van der Waals surface area contributed by atoms with Crippen molar-refractivity contribution < 1.29 is 9.53 Å². The predicted octanol–water partition coefficient (Wildman–Crippen LogP) is 3.33. The van der Waals surface area contributed by atoms with Crippen LogP contribution in [-0.2, 0) is 6.61 Å². The maximum absolute atomic E-state index is 12.3. The molecule has 0 aliphatic carbocycles. The summed E-state index contributed by atoms with van der Waals surface area (Å²) >= 11 is 1.55. The van der Waals surface area contributed by atoms with Crippen LogP contribution in [0.1, 0.15) is 41.7 Å². The monoisotopic (exact) mass is 359 g/mol. The summed E-state index contributed by atoms with van der Waals surface area (Å²) in [4.78, 5) is 19.0.